The van der Waals surface area contributed by atoms with Crippen molar-refractivity contribution in [1.29, 1.82) is 0 Å². The van der Waals surface area contributed by atoms with E-state index in [0.717, 1.165) is 23.1 Å². The summed E-state index contributed by atoms with van der Waals surface area (Å²) in [7, 11) is 0. The molecule has 4 aromatic carbocycles. The fraction of sp³-hybridized carbons (Fsp3) is 0.100. The van der Waals surface area contributed by atoms with Gasteiger partial charge in [0.05, 0.1) is 5.56 Å². The fourth-order valence-electron chi connectivity index (χ4n) is 4.15. The summed E-state index contributed by atoms with van der Waals surface area (Å²) >= 11 is 0. The van der Waals surface area contributed by atoms with Crippen LogP contribution in [0.1, 0.15) is 5.56 Å². The minimum Gasteiger partial charge on any atom is -0.422 e. The van der Waals surface area contributed by atoms with Crippen LogP contribution in [0.25, 0.3) is 33.2 Å². The highest BCUT2D eigenvalue weighted by atomic mass is 16.4. The zero-order valence-corrected chi connectivity index (χ0v) is 18.8. The summed E-state index contributed by atoms with van der Waals surface area (Å²) in [4.78, 5) is 12.5. The van der Waals surface area contributed by atoms with Crippen molar-refractivity contribution in [2.75, 3.05) is 11.9 Å². The van der Waals surface area contributed by atoms with E-state index in [0.29, 0.717) is 17.7 Å². The Hall–Kier alpha value is -4.15. The van der Waals surface area contributed by atoms with Crippen LogP contribution in [0.2, 0.25) is 0 Å². The molecule has 1 aromatic heterocycles. The van der Waals surface area contributed by atoms with Crippen LogP contribution in [0.5, 0.6) is 0 Å². The lowest BCUT2D eigenvalue weighted by molar-refractivity contribution is 0.563. The largest absolute Gasteiger partial charge is 0.422 e. The minimum absolute atomic E-state index is 0.0445. The highest BCUT2D eigenvalue weighted by Gasteiger charge is 2.09. The molecule has 3 N–H and O–H groups in total. The van der Waals surface area contributed by atoms with E-state index in [2.05, 4.69) is 41.7 Å². The molecule has 1 heterocycles. The molecule has 34 heavy (non-hydrogen) atoms. The molecule has 0 saturated carbocycles. The van der Waals surface area contributed by atoms with Crippen LogP contribution < -0.4 is 16.7 Å². The van der Waals surface area contributed by atoms with E-state index in [9.17, 15) is 4.79 Å². The van der Waals surface area contributed by atoms with Crippen molar-refractivity contribution in [3.8, 4) is 22.3 Å². The van der Waals surface area contributed by atoms with Gasteiger partial charge in [0.1, 0.15) is 5.58 Å². The van der Waals surface area contributed by atoms with E-state index >= 15 is 0 Å². The van der Waals surface area contributed by atoms with Crippen molar-refractivity contribution in [3.05, 3.63) is 125 Å². The Labute approximate surface area is 198 Å². The molecule has 0 spiro atoms. The maximum absolute atomic E-state index is 12.5. The van der Waals surface area contributed by atoms with Gasteiger partial charge in [-0.15, -0.1) is 0 Å². The van der Waals surface area contributed by atoms with Gasteiger partial charge in [-0.25, -0.2) is 4.79 Å². The lowest BCUT2D eigenvalue weighted by Gasteiger charge is -2.15. The molecule has 0 fully saturated rings. The Bertz CT molecular complexity index is 1460. The summed E-state index contributed by atoms with van der Waals surface area (Å²) in [6, 6.07) is 36.1. The first-order valence-electron chi connectivity index (χ1n) is 11.4. The first kappa shape index (κ1) is 21.7. The summed E-state index contributed by atoms with van der Waals surface area (Å²) in [5.74, 6) is 0. The minimum atomic E-state index is -0.341. The Morgan fingerprint density at radius 1 is 0.735 bits per heavy atom. The predicted molar refractivity (Wildman–Crippen MR) is 140 cm³/mol. The highest BCUT2D eigenvalue weighted by Crippen LogP contribution is 2.24. The van der Waals surface area contributed by atoms with Gasteiger partial charge in [0.15, 0.2) is 0 Å². The number of hydrogen-bond acceptors (Lipinski definition) is 4. The number of rotatable bonds is 7. The molecule has 0 aliphatic rings. The monoisotopic (exact) mass is 446 g/mol. The zero-order valence-electron chi connectivity index (χ0n) is 18.8. The number of nitrogens with two attached hydrogens (primary N) is 1. The van der Waals surface area contributed by atoms with Crippen LogP contribution in [-0.2, 0) is 6.42 Å². The maximum Gasteiger partial charge on any atom is 0.344 e. The Morgan fingerprint density at radius 2 is 1.44 bits per heavy atom. The van der Waals surface area contributed by atoms with Gasteiger partial charge in [0.25, 0.3) is 0 Å². The zero-order chi connectivity index (χ0) is 23.3. The summed E-state index contributed by atoms with van der Waals surface area (Å²) in [6.45, 7) is 0.621. The van der Waals surface area contributed by atoms with Crippen LogP contribution in [0, 0.1) is 0 Å². The van der Waals surface area contributed by atoms with Gasteiger partial charge in [0, 0.05) is 23.7 Å². The van der Waals surface area contributed by atoms with Crippen molar-refractivity contribution in [1.82, 2.24) is 0 Å². The first-order chi connectivity index (χ1) is 16.7. The second-order valence-electron chi connectivity index (χ2n) is 8.47. The van der Waals surface area contributed by atoms with E-state index in [1.807, 2.05) is 66.7 Å². The Morgan fingerprint density at radius 3 is 2.26 bits per heavy atom. The molecule has 1 atom stereocenters. The second-order valence-corrected chi connectivity index (χ2v) is 8.47. The standard InChI is InChI=1S/C30H26N2O2/c31-26(17-21-13-15-23(16-14-21)22-7-2-1-3-8-22)20-32-27-11-6-10-24(18-27)28-19-25-9-4-5-12-29(25)34-30(28)33/h1-16,18-19,26,32H,17,20,31H2/t26-/m0/s1. The van der Waals surface area contributed by atoms with Crippen LogP contribution in [-0.4, -0.2) is 12.6 Å². The molecule has 0 unspecified atom stereocenters. The fourth-order valence-corrected chi connectivity index (χ4v) is 4.15. The normalized spacial score (nSPS) is 11.9. The number of nitrogens with one attached hydrogen (secondary N) is 1. The van der Waals surface area contributed by atoms with E-state index < -0.39 is 0 Å². The van der Waals surface area contributed by atoms with E-state index in [1.165, 1.54) is 16.7 Å². The van der Waals surface area contributed by atoms with Crippen molar-refractivity contribution in [3.63, 3.8) is 0 Å². The van der Waals surface area contributed by atoms with Crippen LogP contribution >= 0.6 is 0 Å². The highest BCUT2D eigenvalue weighted by molar-refractivity contribution is 5.82. The molecule has 0 aliphatic heterocycles. The van der Waals surface area contributed by atoms with E-state index in [4.69, 9.17) is 10.2 Å². The molecule has 0 radical (unpaired) electrons. The average molecular weight is 447 g/mol. The van der Waals surface area contributed by atoms with Crippen molar-refractivity contribution in [2.24, 2.45) is 5.73 Å². The third kappa shape index (κ3) is 4.92. The van der Waals surface area contributed by atoms with Crippen LogP contribution in [0.15, 0.2) is 118 Å². The predicted octanol–water partition coefficient (Wildman–Crippen LogP) is 6.11. The number of hydrogen-bond donors (Lipinski definition) is 2. The van der Waals surface area contributed by atoms with Crippen LogP contribution in [0.3, 0.4) is 0 Å². The van der Waals surface area contributed by atoms with Gasteiger partial charge in [-0.2, -0.15) is 0 Å². The smallest absolute Gasteiger partial charge is 0.344 e. The van der Waals surface area contributed by atoms with Gasteiger partial charge in [0.2, 0.25) is 0 Å². The molecule has 0 saturated heterocycles. The second kappa shape index (κ2) is 9.77. The molecular formula is C30H26N2O2. The van der Waals surface area contributed by atoms with E-state index in [1.54, 1.807) is 6.07 Å². The molecule has 4 nitrogen and oxygen atoms in total. The summed E-state index contributed by atoms with van der Waals surface area (Å²) in [5.41, 5.74) is 12.6. The topological polar surface area (TPSA) is 68.3 Å². The number of anilines is 1. The van der Waals surface area contributed by atoms with Crippen molar-refractivity contribution >= 4 is 16.7 Å². The van der Waals surface area contributed by atoms with Gasteiger partial charge in [-0.05, 0) is 52.9 Å². The Balaban J connectivity index is 1.24. The van der Waals surface area contributed by atoms with Gasteiger partial charge < -0.3 is 15.5 Å². The molecule has 5 rings (SSSR count). The molecule has 0 bridgehead atoms. The SMILES string of the molecule is N[C@H](CNc1cccc(-c2cc3ccccc3oc2=O)c1)Cc1ccc(-c2ccccc2)cc1. The number of para-hydroxylation sites is 1. The van der Waals surface area contributed by atoms with Crippen molar-refractivity contribution < 1.29 is 4.42 Å². The van der Waals surface area contributed by atoms with Gasteiger partial charge >= 0.3 is 5.63 Å². The van der Waals surface area contributed by atoms with E-state index in [-0.39, 0.29) is 11.7 Å². The summed E-state index contributed by atoms with van der Waals surface area (Å²) in [5, 5.41) is 4.31. The molecule has 5 aromatic rings. The molecular weight excluding hydrogens is 420 g/mol. The third-order valence-corrected chi connectivity index (χ3v) is 5.94. The Kier molecular flexibility index (Phi) is 6.23. The van der Waals surface area contributed by atoms with Gasteiger partial charge in [-0.3, -0.25) is 0 Å². The summed E-state index contributed by atoms with van der Waals surface area (Å²) in [6.07, 6.45) is 0.774. The molecule has 4 heteroatoms. The maximum atomic E-state index is 12.5. The first-order valence-corrected chi connectivity index (χ1v) is 11.4. The lowest BCUT2D eigenvalue weighted by Crippen LogP contribution is -2.31. The lowest BCUT2D eigenvalue weighted by atomic mass is 10.0. The van der Waals surface area contributed by atoms with Crippen LogP contribution in [0.4, 0.5) is 5.69 Å². The molecule has 168 valence electrons. The molecule has 0 amide bonds. The number of fused-ring (bicyclic) bond motifs is 1. The quantitative estimate of drug-likeness (QED) is 0.296. The number of benzene rings is 4. The van der Waals surface area contributed by atoms with Gasteiger partial charge in [-0.1, -0.05) is 84.9 Å². The average Bonchev–Trinajstić information content (AvgIpc) is 2.88. The molecule has 0 aliphatic carbocycles. The van der Waals surface area contributed by atoms with Crippen molar-refractivity contribution in [2.45, 2.75) is 12.5 Å². The third-order valence-electron chi connectivity index (χ3n) is 5.94. The summed E-state index contributed by atoms with van der Waals surface area (Å²) < 4.78 is 5.49.